The highest BCUT2D eigenvalue weighted by atomic mass is 16.3. The molecule has 1 aliphatic rings. The van der Waals surface area contributed by atoms with Crippen molar-refractivity contribution in [3.63, 3.8) is 0 Å². The number of aryl methyl sites for hydroxylation is 2. The molecule has 0 saturated heterocycles. The molecule has 2 N–H and O–H groups in total. The molecule has 1 amide bonds. The van der Waals surface area contributed by atoms with E-state index in [1.807, 2.05) is 19.9 Å². The van der Waals surface area contributed by atoms with Crippen molar-refractivity contribution < 1.29 is 9.90 Å². The molecular formula is C16H23NO2. The molecule has 104 valence electrons. The van der Waals surface area contributed by atoms with Gasteiger partial charge in [-0.1, -0.05) is 26.2 Å². The minimum Gasteiger partial charge on any atom is -0.508 e. The third kappa shape index (κ3) is 2.91. The molecule has 0 aromatic heterocycles. The van der Waals surface area contributed by atoms with Gasteiger partial charge in [0, 0.05) is 11.1 Å². The minimum atomic E-state index is -0.240. The molecular weight excluding hydrogens is 238 g/mol. The van der Waals surface area contributed by atoms with Gasteiger partial charge in [-0.25, -0.2) is 0 Å². The predicted octanol–water partition coefficient (Wildman–Crippen LogP) is 3.92. The molecule has 0 spiro atoms. The number of aromatic hydroxyl groups is 1. The van der Waals surface area contributed by atoms with Crippen LogP contribution in [-0.4, -0.2) is 11.0 Å². The first-order valence-corrected chi connectivity index (χ1v) is 7.04. The fourth-order valence-electron chi connectivity index (χ4n) is 2.77. The van der Waals surface area contributed by atoms with Crippen LogP contribution in [0.1, 0.15) is 50.2 Å². The number of rotatable bonds is 2. The average Bonchev–Trinajstić information content (AvgIpc) is 2.36. The van der Waals surface area contributed by atoms with Crippen LogP contribution < -0.4 is 5.32 Å². The van der Waals surface area contributed by atoms with Gasteiger partial charge < -0.3 is 10.4 Å². The first-order valence-electron chi connectivity index (χ1n) is 7.04. The predicted molar refractivity (Wildman–Crippen MR) is 77.4 cm³/mol. The van der Waals surface area contributed by atoms with Crippen molar-refractivity contribution >= 4 is 11.6 Å². The number of carbonyl (C=O) groups is 1. The number of amides is 1. The lowest BCUT2D eigenvalue weighted by atomic mass is 9.75. The Labute approximate surface area is 115 Å². The molecule has 3 nitrogen and oxygen atoms in total. The molecule has 1 fully saturated rings. The Bertz CT molecular complexity index is 488. The second kappa shape index (κ2) is 5.24. The molecule has 19 heavy (non-hydrogen) atoms. The number of anilines is 1. The Hall–Kier alpha value is -1.51. The van der Waals surface area contributed by atoms with Crippen LogP contribution in [-0.2, 0) is 4.79 Å². The zero-order chi connectivity index (χ0) is 14.0. The van der Waals surface area contributed by atoms with Gasteiger partial charge in [0.05, 0.1) is 0 Å². The molecule has 0 heterocycles. The van der Waals surface area contributed by atoms with Crippen LogP contribution in [0.4, 0.5) is 5.69 Å². The number of hydrogen-bond donors (Lipinski definition) is 2. The van der Waals surface area contributed by atoms with E-state index in [0.717, 1.165) is 42.5 Å². The largest absolute Gasteiger partial charge is 0.508 e. The van der Waals surface area contributed by atoms with Crippen molar-refractivity contribution in [2.45, 2.75) is 52.9 Å². The topological polar surface area (TPSA) is 49.3 Å². The summed E-state index contributed by atoms with van der Waals surface area (Å²) in [7, 11) is 0. The lowest BCUT2D eigenvalue weighted by Crippen LogP contribution is -2.35. The maximum Gasteiger partial charge on any atom is 0.230 e. The summed E-state index contributed by atoms with van der Waals surface area (Å²) in [5.74, 6) is 0.389. The van der Waals surface area contributed by atoms with Gasteiger partial charge in [-0.05, 0) is 49.9 Å². The maximum atomic E-state index is 12.5. The third-order valence-corrected chi connectivity index (χ3v) is 4.30. The van der Waals surface area contributed by atoms with E-state index < -0.39 is 0 Å². The molecule has 0 radical (unpaired) electrons. The average molecular weight is 261 g/mol. The quantitative estimate of drug-likeness (QED) is 0.793. The van der Waals surface area contributed by atoms with E-state index in [1.54, 1.807) is 6.07 Å². The fraction of sp³-hybridized carbons (Fsp3) is 0.562. The first kappa shape index (κ1) is 13.9. The zero-order valence-corrected chi connectivity index (χ0v) is 12.0. The number of nitrogens with one attached hydrogen (secondary N) is 1. The van der Waals surface area contributed by atoms with Crippen molar-refractivity contribution in [2.75, 3.05) is 5.32 Å². The van der Waals surface area contributed by atoms with Crippen LogP contribution in [0.2, 0.25) is 0 Å². The smallest absolute Gasteiger partial charge is 0.230 e. The SMILES string of the molecule is Cc1cc(NC(=O)C2(C)CCCCC2)c(C)cc1O. The fourth-order valence-corrected chi connectivity index (χ4v) is 2.77. The van der Waals surface area contributed by atoms with Gasteiger partial charge in [0.25, 0.3) is 0 Å². The molecule has 1 saturated carbocycles. The first-order chi connectivity index (χ1) is 8.92. The number of carbonyl (C=O) groups excluding carboxylic acids is 1. The summed E-state index contributed by atoms with van der Waals surface area (Å²) in [5, 5.41) is 12.7. The van der Waals surface area contributed by atoms with E-state index in [1.165, 1.54) is 6.42 Å². The van der Waals surface area contributed by atoms with Crippen molar-refractivity contribution in [1.82, 2.24) is 0 Å². The van der Waals surface area contributed by atoms with Gasteiger partial charge in [0.2, 0.25) is 5.91 Å². The van der Waals surface area contributed by atoms with Crippen molar-refractivity contribution in [1.29, 1.82) is 0 Å². The Morgan fingerprint density at radius 3 is 2.42 bits per heavy atom. The van der Waals surface area contributed by atoms with Gasteiger partial charge >= 0.3 is 0 Å². The van der Waals surface area contributed by atoms with Crippen LogP contribution in [0.5, 0.6) is 5.75 Å². The summed E-state index contributed by atoms with van der Waals surface area (Å²) in [6.45, 7) is 5.80. The molecule has 0 atom stereocenters. The van der Waals surface area contributed by atoms with E-state index in [9.17, 15) is 9.90 Å². The summed E-state index contributed by atoms with van der Waals surface area (Å²) in [4.78, 5) is 12.5. The number of phenols is 1. The zero-order valence-electron chi connectivity index (χ0n) is 12.0. The van der Waals surface area contributed by atoms with Crippen LogP contribution in [0.25, 0.3) is 0 Å². The summed E-state index contributed by atoms with van der Waals surface area (Å²) in [6.07, 6.45) is 5.44. The monoisotopic (exact) mass is 261 g/mol. The minimum absolute atomic E-state index is 0.111. The third-order valence-electron chi connectivity index (χ3n) is 4.30. The van der Waals surface area contributed by atoms with Gasteiger partial charge in [0.15, 0.2) is 0 Å². The lowest BCUT2D eigenvalue weighted by Gasteiger charge is -2.32. The van der Waals surface area contributed by atoms with Crippen LogP contribution >= 0.6 is 0 Å². The number of hydrogen-bond acceptors (Lipinski definition) is 2. The van der Waals surface area contributed by atoms with Crippen molar-refractivity contribution in [2.24, 2.45) is 5.41 Å². The Morgan fingerprint density at radius 1 is 1.16 bits per heavy atom. The van der Waals surface area contributed by atoms with E-state index in [-0.39, 0.29) is 17.1 Å². The molecule has 1 aromatic rings. The molecule has 0 aliphatic heterocycles. The van der Waals surface area contributed by atoms with Crippen molar-refractivity contribution in [3.05, 3.63) is 23.3 Å². The summed E-state index contributed by atoms with van der Waals surface area (Å²) < 4.78 is 0. The Morgan fingerprint density at radius 2 is 1.79 bits per heavy atom. The maximum absolute atomic E-state index is 12.5. The Balaban J connectivity index is 2.16. The number of benzene rings is 1. The summed E-state index contributed by atoms with van der Waals surface area (Å²) in [5.41, 5.74) is 2.26. The van der Waals surface area contributed by atoms with E-state index in [2.05, 4.69) is 12.2 Å². The van der Waals surface area contributed by atoms with Gasteiger partial charge in [0.1, 0.15) is 5.75 Å². The summed E-state index contributed by atoms with van der Waals surface area (Å²) in [6, 6.07) is 3.54. The van der Waals surface area contributed by atoms with E-state index in [0.29, 0.717) is 0 Å². The van der Waals surface area contributed by atoms with Gasteiger partial charge in [-0.15, -0.1) is 0 Å². The molecule has 0 bridgehead atoms. The highest BCUT2D eigenvalue weighted by molar-refractivity contribution is 5.95. The highest BCUT2D eigenvalue weighted by Gasteiger charge is 2.34. The van der Waals surface area contributed by atoms with Crippen LogP contribution in [0.15, 0.2) is 12.1 Å². The van der Waals surface area contributed by atoms with Crippen LogP contribution in [0, 0.1) is 19.3 Å². The van der Waals surface area contributed by atoms with Gasteiger partial charge in [-0.3, -0.25) is 4.79 Å². The Kier molecular flexibility index (Phi) is 3.83. The normalized spacial score (nSPS) is 18.1. The lowest BCUT2D eigenvalue weighted by molar-refractivity contribution is -0.126. The standard InChI is InChI=1S/C16H23NO2/c1-11-10-14(18)12(2)9-13(11)17-15(19)16(3)7-5-4-6-8-16/h9-10,18H,4-8H2,1-3H3,(H,17,19). The molecule has 0 unspecified atom stereocenters. The van der Waals surface area contributed by atoms with Crippen molar-refractivity contribution in [3.8, 4) is 5.75 Å². The molecule has 3 heteroatoms. The van der Waals surface area contributed by atoms with Crippen LogP contribution in [0.3, 0.4) is 0 Å². The number of phenolic OH excluding ortho intramolecular Hbond substituents is 1. The summed E-state index contributed by atoms with van der Waals surface area (Å²) >= 11 is 0. The van der Waals surface area contributed by atoms with Gasteiger partial charge in [-0.2, -0.15) is 0 Å². The molecule has 2 rings (SSSR count). The second-order valence-corrected chi connectivity index (χ2v) is 6.03. The molecule has 1 aliphatic carbocycles. The highest BCUT2D eigenvalue weighted by Crippen LogP contribution is 2.37. The second-order valence-electron chi connectivity index (χ2n) is 6.03. The van der Waals surface area contributed by atoms with E-state index >= 15 is 0 Å². The molecule has 1 aromatic carbocycles. The van der Waals surface area contributed by atoms with E-state index in [4.69, 9.17) is 0 Å².